The molecular formula is C11H15N3. The van der Waals surface area contributed by atoms with Gasteiger partial charge >= 0.3 is 0 Å². The molecule has 2 rings (SSSR count). The van der Waals surface area contributed by atoms with E-state index in [9.17, 15) is 0 Å². The van der Waals surface area contributed by atoms with Crippen molar-refractivity contribution in [3.8, 4) is 0 Å². The minimum atomic E-state index is 0.250. The van der Waals surface area contributed by atoms with Gasteiger partial charge in [0.1, 0.15) is 5.65 Å². The number of imidazole rings is 1. The number of pyridine rings is 1. The van der Waals surface area contributed by atoms with Crippen molar-refractivity contribution >= 4 is 5.65 Å². The van der Waals surface area contributed by atoms with Crippen LogP contribution in [0.15, 0.2) is 30.6 Å². The van der Waals surface area contributed by atoms with Crippen molar-refractivity contribution < 1.29 is 0 Å². The number of aryl methyl sites for hydroxylation is 1. The minimum absolute atomic E-state index is 0.250. The molecule has 0 saturated carbocycles. The lowest BCUT2D eigenvalue weighted by Crippen LogP contribution is -2.15. The maximum atomic E-state index is 5.70. The van der Waals surface area contributed by atoms with E-state index in [1.165, 1.54) is 0 Å². The average molecular weight is 189 g/mol. The Morgan fingerprint density at radius 2 is 2.36 bits per heavy atom. The highest BCUT2D eigenvalue weighted by Gasteiger charge is 2.01. The Bertz CT molecular complexity index is 384. The Morgan fingerprint density at radius 1 is 1.50 bits per heavy atom. The van der Waals surface area contributed by atoms with E-state index in [1.807, 2.05) is 35.7 Å². The topological polar surface area (TPSA) is 43.3 Å². The summed E-state index contributed by atoms with van der Waals surface area (Å²) >= 11 is 0. The first-order valence-corrected chi connectivity index (χ1v) is 4.94. The average Bonchev–Trinajstić information content (AvgIpc) is 2.57. The van der Waals surface area contributed by atoms with E-state index < -0.39 is 0 Å². The van der Waals surface area contributed by atoms with Crippen LogP contribution in [0.25, 0.3) is 5.65 Å². The second kappa shape index (κ2) is 3.80. The molecule has 74 valence electrons. The Morgan fingerprint density at radius 3 is 3.07 bits per heavy atom. The van der Waals surface area contributed by atoms with Gasteiger partial charge < -0.3 is 10.1 Å². The summed E-state index contributed by atoms with van der Waals surface area (Å²) < 4.78 is 2.04. The Balaban J connectivity index is 2.19. The number of nitrogens with zero attached hydrogens (tertiary/aromatic N) is 2. The molecular weight excluding hydrogens is 174 g/mol. The molecule has 0 radical (unpaired) electrons. The van der Waals surface area contributed by atoms with Crippen LogP contribution in [0.2, 0.25) is 0 Å². The second-order valence-corrected chi connectivity index (χ2v) is 3.71. The first kappa shape index (κ1) is 9.21. The fourth-order valence-corrected chi connectivity index (χ4v) is 1.48. The summed E-state index contributed by atoms with van der Waals surface area (Å²) in [7, 11) is 0. The van der Waals surface area contributed by atoms with Gasteiger partial charge in [-0.1, -0.05) is 6.07 Å². The molecule has 0 fully saturated rings. The largest absolute Gasteiger partial charge is 0.328 e. The van der Waals surface area contributed by atoms with Gasteiger partial charge in [-0.25, -0.2) is 4.98 Å². The molecule has 0 saturated heterocycles. The Hall–Kier alpha value is -1.35. The zero-order valence-corrected chi connectivity index (χ0v) is 8.35. The van der Waals surface area contributed by atoms with Crippen molar-refractivity contribution in [3.63, 3.8) is 0 Å². The summed E-state index contributed by atoms with van der Waals surface area (Å²) in [5, 5.41) is 0. The van der Waals surface area contributed by atoms with Gasteiger partial charge in [0, 0.05) is 18.4 Å². The molecule has 0 amide bonds. The lowest BCUT2D eigenvalue weighted by Gasteiger charge is -2.00. The third-order valence-corrected chi connectivity index (χ3v) is 2.27. The number of fused-ring (bicyclic) bond motifs is 1. The number of rotatable bonds is 3. The SMILES string of the molecule is C[C@H](N)CCc1cn2ccccc2n1. The minimum Gasteiger partial charge on any atom is -0.328 e. The Kier molecular flexibility index (Phi) is 2.50. The van der Waals surface area contributed by atoms with E-state index in [4.69, 9.17) is 5.73 Å². The summed E-state index contributed by atoms with van der Waals surface area (Å²) in [6, 6.07) is 6.26. The zero-order valence-electron chi connectivity index (χ0n) is 8.35. The van der Waals surface area contributed by atoms with Crippen LogP contribution in [0.1, 0.15) is 19.0 Å². The molecule has 0 aliphatic rings. The van der Waals surface area contributed by atoms with E-state index in [-0.39, 0.29) is 6.04 Å². The number of hydrogen-bond acceptors (Lipinski definition) is 2. The molecule has 14 heavy (non-hydrogen) atoms. The van der Waals surface area contributed by atoms with E-state index in [2.05, 4.69) is 11.2 Å². The summed E-state index contributed by atoms with van der Waals surface area (Å²) in [5.41, 5.74) is 7.83. The molecule has 3 heteroatoms. The van der Waals surface area contributed by atoms with Crippen LogP contribution in [-0.4, -0.2) is 15.4 Å². The summed E-state index contributed by atoms with van der Waals surface area (Å²) in [6.07, 6.45) is 6.03. The molecule has 2 aromatic rings. The molecule has 2 heterocycles. The molecule has 0 spiro atoms. The van der Waals surface area contributed by atoms with Gasteiger partial charge in [-0.3, -0.25) is 0 Å². The third-order valence-electron chi connectivity index (χ3n) is 2.27. The first-order valence-electron chi connectivity index (χ1n) is 4.94. The van der Waals surface area contributed by atoms with Gasteiger partial charge in [-0.05, 0) is 31.9 Å². The molecule has 0 unspecified atom stereocenters. The van der Waals surface area contributed by atoms with Crippen molar-refractivity contribution in [2.75, 3.05) is 0 Å². The van der Waals surface area contributed by atoms with E-state index in [0.717, 1.165) is 24.2 Å². The van der Waals surface area contributed by atoms with Crippen LogP contribution >= 0.6 is 0 Å². The highest BCUT2D eigenvalue weighted by atomic mass is 15.0. The predicted molar refractivity (Wildman–Crippen MR) is 57.2 cm³/mol. The van der Waals surface area contributed by atoms with Crippen molar-refractivity contribution in [1.82, 2.24) is 9.38 Å². The van der Waals surface area contributed by atoms with Crippen LogP contribution < -0.4 is 5.73 Å². The third kappa shape index (κ3) is 1.93. The molecule has 2 aromatic heterocycles. The number of aromatic nitrogens is 2. The quantitative estimate of drug-likeness (QED) is 0.797. The normalized spacial score (nSPS) is 13.3. The fourth-order valence-electron chi connectivity index (χ4n) is 1.48. The maximum Gasteiger partial charge on any atom is 0.136 e. The molecule has 1 atom stereocenters. The summed E-state index contributed by atoms with van der Waals surface area (Å²) in [4.78, 5) is 4.49. The summed E-state index contributed by atoms with van der Waals surface area (Å²) in [5.74, 6) is 0. The maximum absolute atomic E-state index is 5.70. The van der Waals surface area contributed by atoms with Crippen LogP contribution in [0.3, 0.4) is 0 Å². The molecule has 2 N–H and O–H groups in total. The van der Waals surface area contributed by atoms with Gasteiger partial charge in [0.25, 0.3) is 0 Å². The van der Waals surface area contributed by atoms with Crippen molar-refractivity contribution in [2.24, 2.45) is 5.73 Å². The molecule has 0 aliphatic carbocycles. The van der Waals surface area contributed by atoms with Crippen LogP contribution in [0.4, 0.5) is 0 Å². The highest BCUT2D eigenvalue weighted by molar-refractivity contribution is 5.39. The van der Waals surface area contributed by atoms with Crippen molar-refractivity contribution in [2.45, 2.75) is 25.8 Å². The standard InChI is InChI=1S/C11H15N3/c1-9(12)5-6-10-8-14-7-3-2-4-11(14)13-10/h2-4,7-9H,5-6,12H2,1H3/t9-/m0/s1. The van der Waals surface area contributed by atoms with Gasteiger partial charge in [0.05, 0.1) is 5.69 Å². The van der Waals surface area contributed by atoms with E-state index in [1.54, 1.807) is 0 Å². The molecule has 0 bridgehead atoms. The smallest absolute Gasteiger partial charge is 0.136 e. The lowest BCUT2D eigenvalue weighted by atomic mass is 10.2. The lowest BCUT2D eigenvalue weighted by molar-refractivity contribution is 0.660. The van der Waals surface area contributed by atoms with Gasteiger partial charge in [0.2, 0.25) is 0 Å². The molecule has 3 nitrogen and oxygen atoms in total. The van der Waals surface area contributed by atoms with Crippen LogP contribution in [-0.2, 0) is 6.42 Å². The van der Waals surface area contributed by atoms with Gasteiger partial charge in [-0.15, -0.1) is 0 Å². The van der Waals surface area contributed by atoms with Crippen molar-refractivity contribution in [3.05, 3.63) is 36.3 Å². The molecule has 0 aromatic carbocycles. The fraction of sp³-hybridized carbons (Fsp3) is 0.364. The number of hydrogen-bond donors (Lipinski definition) is 1. The zero-order chi connectivity index (χ0) is 9.97. The second-order valence-electron chi connectivity index (χ2n) is 3.71. The van der Waals surface area contributed by atoms with Crippen LogP contribution in [0, 0.1) is 0 Å². The van der Waals surface area contributed by atoms with Gasteiger partial charge in [0.15, 0.2) is 0 Å². The van der Waals surface area contributed by atoms with Crippen molar-refractivity contribution in [1.29, 1.82) is 0 Å². The van der Waals surface area contributed by atoms with E-state index in [0.29, 0.717) is 0 Å². The molecule has 0 aliphatic heterocycles. The highest BCUT2D eigenvalue weighted by Crippen LogP contribution is 2.06. The Labute approximate surface area is 83.6 Å². The van der Waals surface area contributed by atoms with Crippen LogP contribution in [0.5, 0.6) is 0 Å². The predicted octanol–water partition coefficient (Wildman–Crippen LogP) is 1.61. The first-order chi connectivity index (χ1) is 6.75. The summed E-state index contributed by atoms with van der Waals surface area (Å²) in [6.45, 7) is 2.02. The number of nitrogens with two attached hydrogens (primary N) is 1. The monoisotopic (exact) mass is 189 g/mol. The van der Waals surface area contributed by atoms with Gasteiger partial charge in [-0.2, -0.15) is 0 Å². The van der Waals surface area contributed by atoms with E-state index >= 15 is 0 Å².